The van der Waals surface area contributed by atoms with E-state index in [1.165, 1.54) is 0 Å². The topological polar surface area (TPSA) is 29.1 Å². The smallest absolute Gasteiger partial charge is 0.346 e. The summed E-state index contributed by atoms with van der Waals surface area (Å²) in [5.74, 6) is -1.85. The van der Waals surface area contributed by atoms with Crippen molar-refractivity contribution < 1.29 is 18.0 Å². The molecule has 1 aliphatic rings. The summed E-state index contributed by atoms with van der Waals surface area (Å²) in [4.78, 5) is 11.0. The normalized spacial score (nSPS) is 32.5. The van der Waals surface area contributed by atoms with Crippen molar-refractivity contribution in [3.8, 4) is 0 Å². The lowest BCUT2D eigenvalue weighted by Gasteiger charge is -2.30. The van der Waals surface area contributed by atoms with Gasteiger partial charge in [-0.3, -0.25) is 4.79 Å². The van der Waals surface area contributed by atoms with E-state index in [1.54, 1.807) is 0 Å². The van der Waals surface area contributed by atoms with Crippen LogP contribution in [0.1, 0.15) is 19.3 Å². The van der Waals surface area contributed by atoms with Gasteiger partial charge in [0.25, 0.3) is 0 Å². The van der Waals surface area contributed by atoms with Crippen molar-refractivity contribution in [1.82, 2.24) is 5.32 Å². The van der Waals surface area contributed by atoms with Gasteiger partial charge in [-0.2, -0.15) is 13.2 Å². The molecule has 15 heavy (non-hydrogen) atoms. The molecule has 1 amide bonds. The van der Waals surface area contributed by atoms with Crippen LogP contribution in [0.4, 0.5) is 13.2 Å². The van der Waals surface area contributed by atoms with E-state index in [9.17, 15) is 18.0 Å². The zero-order valence-electron chi connectivity index (χ0n) is 7.65. The summed E-state index contributed by atoms with van der Waals surface area (Å²) in [6.07, 6.45) is -2.96. The van der Waals surface area contributed by atoms with Crippen molar-refractivity contribution in [2.24, 2.45) is 0 Å². The highest BCUT2D eigenvalue weighted by molar-refractivity contribution is 9.12. The molecule has 1 saturated carbocycles. The van der Waals surface area contributed by atoms with Crippen LogP contribution in [-0.2, 0) is 4.79 Å². The Morgan fingerprint density at radius 3 is 2.27 bits per heavy atom. The predicted molar refractivity (Wildman–Crippen MR) is 57.3 cm³/mol. The fourth-order valence-electron chi connectivity index (χ4n) is 1.48. The summed E-state index contributed by atoms with van der Waals surface area (Å²) in [5.41, 5.74) is 0. The molecular formula is C8H10Br2F3NO. The van der Waals surface area contributed by atoms with Gasteiger partial charge in [0.05, 0.1) is 0 Å². The Kier molecular flexibility index (Phi) is 4.46. The highest BCUT2D eigenvalue weighted by atomic mass is 79.9. The van der Waals surface area contributed by atoms with E-state index in [4.69, 9.17) is 0 Å². The van der Waals surface area contributed by atoms with Gasteiger partial charge >= 0.3 is 12.1 Å². The van der Waals surface area contributed by atoms with E-state index < -0.39 is 18.1 Å². The first-order valence-electron chi connectivity index (χ1n) is 4.46. The maximum absolute atomic E-state index is 11.9. The summed E-state index contributed by atoms with van der Waals surface area (Å²) in [5, 5.41) is 2.00. The first-order valence-corrected chi connectivity index (χ1v) is 6.29. The average molecular weight is 353 g/mol. The Bertz CT molecular complexity index is 247. The Morgan fingerprint density at radius 2 is 1.80 bits per heavy atom. The van der Waals surface area contributed by atoms with Crippen LogP contribution in [0.2, 0.25) is 0 Å². The van der Waals surface area contributed by atoms with Gasteiger partial charge in [0.1, 0.15) is 0 Å². The zero-order valence-corrected chi connectivity index (χ0v) is 10.8. The molecule has 0 heterocycles. The molecule has 1 N–H and O–H groups in total. The molecule has 0 spiro atoms. The molecule has 1 rings (SSSR count). The van der Waals surface area contributed by atoms with E-state index >= 15 is 0 Å². The average Bonchev–Trinajstić information content (AvgIpc) is 2.10. The number of halogens is 5. The summed E-state index contributed by atoms with van der Waals surface area (Å²) in [7, 11) is 0. The minimum atomic E-state index is -4.78. The Balaban J connectivity index is 2.44. The molecular weight excluding hydrogens is 343 g/mol. The molecule has 3 atom stereocenters. The van der Waals surface area contributed by atoms with Gasteiger partial charge < -0.3 is 5.32 Å². The molecule has 1 aliphatic carbocycles. The minimum Gasteiger partial charge on any atom is -0.346 e. The first kappa shape index (κ1) is 13.3. The summed E-state index contributed by atoms with van der Waals surface area (Å²) < 4.78 is 35.8. The monoisotopic (exact) mass is 351 g/mol. The molecule has 0 radical (unpaired) electrons. The number of carbonyl (C=O) groups is 1. The van der Waals surface area contributed by atoms with Gasteiger partial charge in [-0.25, -0.2) is 0 Å². The number of hydrogen-bond acceptors (Lipinski definition) is 1. The van der Waals surface area contributed by atoms with E-state index in [2.05, 4.69) is 31.9 Å². The third-order valence-corrected chi connectivity index (χ3v) is 5.10. The SMILES string of the molecule is O=C(N[C@@H]1CC[C@@H](Br)[C@H](Br)C1)C(F)(F)F. The number of amides is 1. The molecule has 88 valence electrons. The molecule has 0 unspecified atom stereocenters. The number of alkyl halides is 5. The van der Waals surface area contributed by atoms with Crippen molar-refractivity contribution in [2.45, 2.75) is 41.1 Å². The highest BCUT2D eigenvalue weighted by Crippen LogP contribution is 2.30. The van der Waals surface area contributed by atoms with Crippen LogP contribution in [-0.4, -0.2) is 27.8 Å². The lowest BCUT2D eigenvalue weighted by atomic mass is 9.95. The van der Waals surface area contributed by atoms with Crippen LogP contribution in [0.15, 0.2) is 0 Å². The summed E-state index contributed by atoms with van der Waals surface area (Å²) in [6.45, 7) is 0. The van der Waals surface area contributed by atoms with Gasteiger partial charge in [-0.1, -0.05) is 31.9 Å². The lowest BCUT2D eigenvalue weighted by molar-refractivity contribution is -0.174. The summed E-state index contributed by atoms with van der Waals surface area (Å²) >= 11 is 6.76. The molecule has 7 heteroatoms. The maximum atomic E-state index is 11.9. The third-order valence-electron chi connectivity index (χ3n) is 2.29. The Hall–Kier alpha value is 0.220. The molecule has 0 aromatic carbocycles. The number of nitrogens with one attached hydrogen (secondary N) is 1. The second-order valence-electron chi connectivity index (χ2n) is 3.51. The number of carbonyl (C=O) groups excluding carboxylic acids is 1. The minimum absolute atomic E-state index is 0.102. The molecule has 2 nitrogen and oxygen atoms in total. The molecule has 0 aromatic rings. The van der Waals surface area contributed by atoms with E-state index in [1.807, 2.05) is 5.32 Å². The lowest BCUT2D eigenvalue weighted by Crippen LogP contribution is -2.46. The highest BCUT2D eigenvalue weighted by Gasteiger charge is 2.40. The van der Waals surface area contributed by atoms with Gasteiger partial charge in [-0.15, -0.1) is 0 Å². The third kappa shape index (κ3) is 3.94. The maximum Gasteiger partial charge on any atom is 0.471 e. The van der Waals surface area contributed by atoms with Crippen LogP contribution in [0.5, 0.6) is 0 Å². The van der Waals surface area contributed by atoms with Crippen LogP contribution >= 0.6 is 31.9 Å². The molecule has 0 bridgehead atoms. The second-order valence-corrected chi connectivity index (χ2v) is 5.87. The van der Waals surface area contributed by atoms with Gasteiger partial charge in [0, 0.05) is 15.7 Å². The van der Waals surface area contributed by atoms with Crippen molar-refractivity contribution in [3.63, 3.8) is 0 Å². The van der Waals surface area contributed by atoms with E-state index in [0.29, 0.717) is 12.8 Å². The molecule has 0 aromatic heterocycles. The van der Waals surface area contributed by atoms with Crippen LogP contribution in [0, 0.1) is 0 Å². The standard InChI is InChI=1S/C8H10Br2F3NO/c9-5-2-1-4(3-6(5)10)14-7(15)8(11,12)13/h4-6H,1-3H2,(H,14,15)/t4-,5-,6-/m1/s1. The second kappa shape index (κ2) is 5.03. The molecule has 0 aliphatic heterocycles. The quantitative estimate of drug-likeness (QED) is 0.722. The fourth-order valence-corrected chi connectivity index (χ4v) is 2.67. The zero-order chi connectivity index (χ0) is 11.6. The van der Waals surface area contributed by atoms with Crippen LogP contribution < -0.4 is 5.32 Å². The first-order chi connectivity index (χ1) is 6.80. The van der Waals surface area contributed by atoms with Crippen LogP contribution in [0.3, 0.4) is 0 Å². The van der Waals surface area contributed by atoms with Crippen molar-refractivity contribution in [1.29, 1.82) is 0 Å². The number of hydrogen-bond donors (Lipinski definition) is 1. The Morgan fingerprint density at radius 1 is 1.20 bits per heavy atom. The van der Waals surface area contributed by atoms with Crippen molar-refractivity contribution >= 4 is 37.8 Å². The predicted octanol–water partition coefficient (Wildman–Crippen LogP) is 2.74. The van der Waals surface area contributed by atoms with E-state index in [-0.39, 0.29) is 9.65 Å². The Labute approximate surface area is 102 Å². The summed E-state index contributed by atoms with van der Waals surface area (Å²) in [6, 6.07) is -0.391. The van der Waals surface area contributed by atoms with Gasteiger partial charge in [-0.05, 0) is 19.3 Å². The van der Waals surface area contributed by atoms with Crippen molar-refractivity contribution in [3.05, 3.63) is 0 Å². The van der Waals surface area contributed by atoms with Crippen LogP contribution in [0.25, 0.3) is 0 Å². The molecule has 0 saturated heterocycles. The van der Waals surface area contributed by atoms with Gasteiger partial charge in [0.2, 0.25) is 0 Å². The molecule has 1 fully saturated rings. The number of rotatable bonds is 1. The van der Waals surface area contributed by atoms with Crippen molar-refractivity contribution in [2.75, 3.05) is 0 Å². The van der Waals surface area contributed by atoms with Gasteiger partial charge in [0.15, 0.2) is 0 Å². The largest absolute Gasteiger partial charge is 0.471 e. The fraction of sp³-hybridized carbons (Fsp3) is 0.875. The van der Waals surface area contributed by atoms with E-state index in [0.717, 1.165) is 6.42 Å².